The van der Waals surface area contributed by atoms with Crippen LogP contribution in [0, 0.1) is 18.3 Å². The Kier molecular flexibility index (Phi) is 3.34. The highest BCUT2D eigenvalue weighted by atomic mass is 19.1. The smallest absolute Gasteiger partial charge is 0.257 e. The van der Waals surface area contributed by atoms with Crippen LogP contribution in [0.1, 0.15) is 28.3 Å². The number of aliphatic hydroxyl groups is 1. The van der Waals surface area contributed by atoms with Crippen molar-refractivity contribution in [2.45, 2.75) is 25.6 Å². The summed E-state index contributed by atoms with van der Waals surface area (Å²) in [7, 11) is 0. The third kappa shape index (κ3) is 2.09. The van der Waals surface area contributed by atoms with Crippen LogP contribution in [0.3, 0.4) is 0 Å². The monoisotopic (exact) mass is 252 g/mol. The van der Waals surface area contributed by atoms with Crippen LogP contribution in [0.5, 0.6) is 0 Å². The lowest BCUT2D eigenvalue weighted by Crippen LogP contribution is -2.38. The zero-order valence-electron chi connectivity index (χ0n) is 9.89. The van der Waals surface area contributed by atoms with E-state index in [2.05, 4.69) is 0 Å². The van der Waals surface area contributed by atoms with Crippen LogP contribution >= 0.6 is 0 Å². The van der Waals surface area contributed by atoms with Crippen molar-refractivity contribution >= 4 is 5.91 Å². The number of rotatable bonds is 2. The van der Waals surface area contributed by atoms with Crippen molar-refractivity contribution in [2.75, 3.05) is 13.2 Å². The van der Waals surface area contributed by atoms with Gasteiger partial charge in [-0.2, -0.15) is 5.26 Å². The summed E-state index contributed by atoms with van der Waals surface area (Å²) in [6.45, 7) is 1.27. The molecule has 0 radical (unpaired) electrons. The SMILES string of the molecule is Cc1oc(C#N)cc1C(=O)N1C[C@@H](F)C[C@H]1CO. The first-order chi connectivity index (χ1) is 8.56. The number of nitrogens with zero attached hydrogens (tertiary/aromatic N) is 2. The summed E-state index contributed by atoms with van der Waals surface area (Å²) in [5, 5.41) is 17.8. The molecule has 18 heavy (non-hydrogen) atoms. The second-order valence-corrected chi connectivity index (χ2v) is 4.32. The van der Waals surface area contributed by atoms with Gasteiger partial charge in [0.25, 0.3) is 5.91 Å². The molecular weight excluding hydrogens is 239 g/mol. The molecule has 0 unspecified atom stereocenters. The Morgan fingerprint density at radius 1 is 1.78 bits per heavy atom. The van der Waals surface area contributed by atoms with Gasteiger partial charge in [0.2, 0.25) is 5.76 Å². The Morgan fingerprint density at radius 2 is 2.50 bits per heavy atom. The number of hydrogen-bond acceptors (Lipinski definition) is 4. The Hall–Kier alpha value is -1.87. The number of hydrogen-bond donors (Lipinski definition) is 1. The van der Waals surface area contributed by atoms with Gasteiger partial charge in [-0.05, 0) is 6.92 Å². The zero-order valence-corrected chi connectivity index (χ0v) is 9.89. The lowest BCUT2D eigenvalue weighted by atomic mass is 10.2. The van der Waals surface area contributed by atoms with Crippen molar-refractivity contribution in [3.05, 3.63) is 23.2 Å². The predicted octanol–water partition coefficient (Wildman–Crippen LogP) is 1.00. The number of nitriles is 1. The number of carbonyl (C=O) groups excluding carboxylic acids is 1. The lowest BCUT2D eigenvalue weighted by Gasteiger charge is -2.22. The van der Waals surface area contributed by atoms with Gasteiger partial charge in [-0.3, -0.25) is 4.79 Å². The van der Waals surface area contributed by atoms with Gasteiger partial charge in [0, 0.05) is 12.5 Å². The van der Waals surface area contributed by atoms with Crippen LogP contribution in [-0.2, 0) is 0 Å². The standard InChI is InChI=1S/C12H13FN2O3/c1-7-11(3-10(4-14)18-7)12(17)15-5-8(13)2-9(15)6-16/h3,8-9,16H,2,5-6H2,1H3/t8-,9-/m0/s1. The number of alkyl halides is 1. The average molecular weight is 252 g/mol. The first kappa shape index (κ1) is 12.6. The molecule has 0 bridgehead atoms. The first-order valence-corrected chi connectivity index (χ1v) is 5.63. The van der Waals surface area contributed by atoms with Crippen LogP contribution in [0.4, 0.5) is 4.39 Å². The van der Waals surface area contributed by atoms with E-state index in [0.717, 1.165) is 0 Å². The van der Waals surface area contributed by atoms with Crippen molar-refractivity contribution in [2.24, 2.45) is 0 Å². The quantitative estimate of drug-likeness (QED) is 0.851. The number of aryl methyl sites for hydroxylation is 1. The van der Waals surface area contributed by atoms with Gasteiger partial charge in [0.05, 0.1) is 24.8 Å². The van der Waals surface area contributed by atoms with E-state index in [-0.39, 0.29) is 30.9 Å². The largest absolute Gasteiger partial charge is 0.450 e. The molecule has 5 nitrogen and oxygen atoms in total. The van der Waals surface area contributed by atoms with Crippen LogP contribution in [-0.4, -0.2) is 41.3 Å². The molecule has 0 aliphatic carbocycles. The number of halogens is 1. The van der Waals surface area contributed by atoms with Gasteiger partial charge in [-0.25, -0.2) is 4.39 Å². The van der Waals surface area contributed by atoms with E-state index in [4.69, 9.17) is 14.8 Å². The fraction of sp³-hybridized carbons (Fsp3) is 0.500. The lowest BCUT2D eigenvalue weighted by molar-refractivity contribution is 0.0671. The molecule has 1 aromatic rings. The maximum absolute atomic E-state index is 13.3. The van der Waals surface area contributed by atoms with E-state index < -0.39 is 18.1 Å². The number of amides is 1. The average Bonchev–Trinajstić information content (AvgIpc) is 2.91. The minimum absolute atomic E-state index is 0.0312. The molecular formula is C12H13FN2O3. The number of furan rings is 1. The number of aliphatic hydroxyl groups excluding tert-OH is 1. The van der Waals surface area contributed by atoms with E-state index in [1.807, 2.05) is 0 Å². The molecule has 96 valence electrons. The Morgan fingerprint density at radius 3 is 3.06 bits per heavy atom. The summed E-state index contributed by atoms with van der Waals surface area (Å²) in [5.74, 6) is -0.0279. The Labute approximate surface area is 103 Å². The van der Waals surface area contributed by atoms with E-state index in [1.165, 1.54) is 11.0 Å². The molecule has 1 aliphatic heterocycles. The van der Waals surface area contributed by atoms with Gasteiger partial charge in [0.1, 0.15) is 18.0 Å². The third-order valence-electron chi connectivity index (χ3n) is 3.09. The Bertz CT molecular complexity index is 506. The second kappa shape index (κ2) is 4.78. The van der Waals surface area contributed by atoms with Crippen molar-refractivity contribution in [1.29, 1.82) is 5.26 Å². The fourth-order valence-corrected chi connectivity index (χ4v) is 2.19. The molecule has 1 aromatic heterocycles. The van der Waals surface area contributed by atoms with Crippen LogP contribution in [0.15, 0.2) is 10.5 Å². The topological polar surface area (TPSA) is 77.5 Å². The summed E-state index contributed by atoms with van der Waals surface area (Å²) in [6.07, 6.45) is -0.974. The molecule has 1 fully saturated rings. The molecule has 0 saturated carbocycles. The molecule has 2 atom stereocenters. The van der Waals surface area contributed by atoms with Crippen molar-refractivity contribution in [3.8, 4) is 6.07 Å². The van der Waals surface area contributed by atoms with Gasteiger partial charge in [0.15, 0.2) is 0 Å². The summed E-state index contributed by atoms with van der Waals surface area (Å²) in [4.78, 5) is 13.5. The molecule has 0 aromatic carbocycles. The van der Waals surface area contributed by atoms with Crippen molar-refractivity contribution in [3.63, 3.8) is 0 Å². The van der Waals surface area contributed by atoms with Crippen LogP contribution < -0.4 is 0 Å². The van der Waals surface area contributed by atoms with Gasteiger partial charge < -0.3 is 14.4 Å². The van der Waals surface area contributed by atoms with Crippen LogP contribution in [0.25, 0.3) is 0 Å². The second-order valence-electron chi connectivity index (χ2n) is 4.32. The van der Waals surface area contributed by atoms with Crippen molar-refractivity contribution in [1.82, 2.24) is 4.90 Å². The van der Waals surface area contributed by atoms with Crippen LogP contribution in [0.2, 0.25) is 0 Å². The summed E-state index contributed by atoms with van der Waals surface area (Å²) >= 11 is 0. The summed E-state index contributed by atoms with van der Waals surface area (Å²) < 4.78 is 18.4. The minimum Gasteiger partial charge on any atom is -0.450 e. The first-order valence-electron chi connectivity index (χ1n) is 5.63. The molecule has 1 N–H and O–H groups in total. The molecule has 1 amide bonds. The highest BCUT2D eigenvalue weighted by Crippen LogP contribution is 2.24. The highest BCUT2D eigenvalue weighted by Gasteiger charge is 2.36. The normalized spacial score (nSPS) is 23.1. The summed E-state index contributed by atoms with van der Waals surface area (Å²) in [6, 6.07) is 2.64. The maximum Gasteiger partial charge on any atom is 0.257 e. The Balaban J connectivity index is 2.25. The third-order valence-corrected chi connectivity index (χ3v) is 3.09. The molecule has 2 heterocycles. The van der Waals surface area contributed by atoms with E-state index in [1.54, 1.807) is 13.0 Å². The van der Waals surface area contributed by atoms with E-state index in [9.17, 15) is 9.18 Å². The predicted molar refractivity (Wildman–Crippen MR) is 59.6 cm³/mol. The highest BCUT2D eigenvalue weighted by molar-refractivity contribution is 5.95. The van der Waals surface area contributed by atoms with Gasteiger partial charge in [-0.1, -0.05) is 0 Å². The molecule has 1 saturated heterocycles. The number of carbonyl (C=O) groups is 1. The van der Waals surface area contributed by atoms with Crippen molar-refractivity contribution < 1.29 is 18.7 Å². The molecule has 6 heteroatoms. The van der Waals surface area contributed by atoms with E-state index in [0.29, 0.717) is 5.76 Å². The minimum atomic E-state index is -1.12. The summed E-state index contributed by atoms with van der Waals surface area (Å²) in [5.41, 5.74) is 0.249. The maximum atomic E-state index is 13.3. The van der Waals surface area contributed by atoms with Gasteiger partial charge >= 0.3 is 0 Å². The molecule has 2 rings (SSSR count). The number of likely N-dealkylation sites (tertiary alicyclic amines) is 1. The fourth-order valence-electron chi connectivity index (χ4n) is 2.19. The zero-order chi connectivity index (χ0) is 13.3. The van der Waals surface area contributed by atoms with Gasteiger partial charge in [-0.15, -0.1) is 0 Å². The van der Waals surface area contributed by atoms with E-state index >= 15 is 0 Å². The molecule has 0 spiro atoms. The molecule has 1 aliphatic rings.